The van der Waals surface area contributed by atoms with Gasteiger partial charge in [0.1, 0.15) is 0 Å². The van der Waals surface area contributed by atoms with E-state index in [0.717, 1.165) is 38.0 Å². The van der Waals surface area contributed by atoms with E-state index in [2.05, 4.69) is 20.8 Å². The van der Waals surface area contributed by atoms with Gasteiger partial charge in [0.15, 0.2) is 0 Å². The summed E-state index contributed by atoms with van der Waals surface area (Å²) in [6, 6.07) is 6.76. The molecule has 0 saturated heterocycles. The quantitative estimate of drug-likeness (QED) is 0.196. The van der Waals surface area contributed by atoms with Gasteiger partial charge in [-0.15, -0.1) is 0 Å². The molecular formula is C26H42O4. The molecule has 0 saturated carbocycles. The molecule has 0 amide bonds. The fourth-order valence-corrected chi connectivity index (χ4v) is 3.36. The molecule has 4 heteroatoms. The largest absolute Gasteiger partial charge is 0.462 e. The maximum Gasteiger partial charge on any atom is 0.339 e. The lowest BCUT2D eigenvalue weighted by Crippen LogP contribution is -2.15. The van der Waals surface area contributed by atoms with E-state index in [0.29, 0.717) is 24.3 Å². The van der Waals surface area contributed by atoms with Crippen LogP contribution in [0.15, 0.2) is 24.3 Å². The normalized spacial score (nSPS) is 11.8. The van der Waals surface area contributed by atoms with Crippen LogP contribution in [-0.4, -0.2) is 25.2 Å². The monoisotopic (exact) mass is 418 g/mol. The zero-order chi connectivity index (χ0) is 22.0. The van der Waals surface area contributed by atoms with Crippen LogP contribution in [0.25, 0.3) is 0 Å². The standard InChI is InChI=1S/C26H42O4/c1-4-6-7-8-9-10-15-20-29-25(27)23-18-13-14-19-24(23)26(28)30-21-16-11-12-17-22(3)5-2/h13-14,18-19,22H,4-12,15-17,20-21H2,1-3H3. The molecule has 4 nitrogen and oxygen atoms in total. The third kappa shape index (κ3) is 11.4. The van der Waals surface area contributed by atoms with Crippen LogP contribution in [0, 0.1) is 5.92 Å². The highest BCUT2D eigenvalue weighted by Gasteiger charge is 2.18. The Morgan fingerprint density at radius 3 is 1.70 bits per heavy atom. The van der Waals surface area contributed by atoms with E-state index in [1.807, 2.05) is 0 Å². The summed E-state index contributed by atoms with van der Waals surface area (Å²) in [4.78, 5) is 24.9. The molecular weight excluding hydrogens is 376 g/mol. The van der Waals surface area contributed by atoms with Crippen LogP contribution in [0.3, 0.4) is 0 Å². The van der Waals surface area contributed by atoms with Gasteiger partial charge in [-0.3, -0.25) is 0 Å². The van der Waals surface area contributed by atoms with Gasteiger partial charge in [-0.25, -0.2) is 9.59 Å². The van der Waals surface area contributed by atoms with Gasteiger partial charge in [0.05, 0.1) is 24.3 Å². The molecule has 0 N–H and O–H groups in total. The average molecular weight is 419 g/mol. The number of hydrogen-bond acceptors (Lipinski definition) is 4. The van der Waals surface area contributed by atoms with E-state index in [1.165, 1.54) is 44.9 Å². The Bertz CT molecular complexity index is 596. The Hall–Kier alpha value is -1.84. The Labute approximate surface area is 183 Å². The number of benzene rings is 1. The summed E-state index contributed by atoms with van der Waals surface area (Å²) in [5.74, 6) is -0.131. The summed E-state index contributed by atoms with van der Waals surface area (Å²) in [5.41, 5.74) is 0.587. The molecule has 0 aliphatic heterocycles. The molecule has 170 valence electrons. The fraction of sp³-hybridized carbons (Fsp3) is 0.692. The van der Waals surface area contributed by atoms with Crippen molar-refractivity contribution in [3.8, 4) is 0 Å². The molecule has 0 radical (unpaired) electrons. The average Bonchev–Trinajstić information content (AvgIpc) is 2.77. The third-order valence-electron chi connectivity index (χ3n) is 5.62. The first-order valence-electron chi connectivity index (χ1n) is 12.0. The summed E-state index contributed by atoms with van der Waals surface area (Å²) in [6.07, 6.45) is 13.7. The van der Waals surface area contributed by atoms with Crippen molar-refractivity contribution < 1.29 is 19.1 Å². The van der Waals surface area contributed by atoms with Crippen molar-refractivity contribution in [2.75, 3.05) is 13.2 Å². The lowest BCUT2D eigenvalue weighted by atomic mass is 10.0. The first-order chi connectivity index (χ1) is 14.6. The van der Waals surface area contributed by atoms with Gasteiger partial charge >= 0.3 is 11.9 Å². The summed E-state index contributed by atoms with van der Waals surface area (Å²) in [6.45, 7) is 7.47. The Balaban J connectivity index is 2.32. The molecule has 0 bridgehead atoms. The minimum atomic E-state index is -0.444. The van der Waals surface area contributed by atoms with E-state index in [4.69, 9.17) is 9.47 Å². The van der Waals surface area contributed by atoms with Crippen LogP contribution in [-0.2, 0) is 9.47 Å². The molecule has 0 spiro atoms. The van der Waals surface area contributed by atoms with E-state index < -0.39 is 11.9 Å². The second-order valence-corrected chi connectivity index (χ2v) is 8.30. The minimum absolute atomic E-state index is 0.293. The molecule has 1 unspecified atom stereocenters. The number of esters is 2. The fourth-order valence-electron chi connectivity index (χ4n) is 3.36. The molecule has 1 aromatic rings. The highest BCUT2D eigenvalue weighted by Crippen LogP contribution is 2.15. The molecule has 0 aliphatic carbocycles. The molecule has 30 heavy (non-hydrogen) atoms. The van der Waals surface area contributed by atoms with Crippen LogP contribution in [0.5, 0.6) is 0 Å². The molecule has 0 fully saturated rings. The third-order valence-corrected chi connectivity index (χ3v) is 5.62. The van der Waals surface area contributed by atoms with Crippen LogP contribution in [0.4, 0.5) is 0 Å². The van der Waals surface area contributed by atoms with Crippen molar-refractivity contribution in [3.05, 3.63) is 35.4 Å². The van der Waals surface area contributed by atoms with Gasteiger partial charge in [0, 0.05) is 0 Å². The maximum absolute atomic E-state index is 12.4. The lowest BCUT2D eigenvalue weighted by molar-refractivity contribution is 0.0450. The number of carbonyl (C=O) groups is 2. The van der Waals surface area contributed by atoms with Gasteiger partial charge in [-0.1, -0.05) is 97.1 Å². The minimum Gasteiger partial charge on any atom is -0.462 e. The smallest absolute Gasteiger partial charge is 0.339 e. The summed E-state index contributed by atoms with van der Waals surface area (Å²) >= 11 is 0. The second-order valence-electron chi connectivity index (χ2n) is 8.30. The topological polar surface area (TPSA) is 52.6 Å². The van der Waals surface area contributed by atoms with E-state index in [-0.39, 0.29) is 0 Å². The highest BCUT2D eigenvalue weighted by molar-refractivity contribution is 6.03. The van der Waals surface area contributed by atoms with Crippen molar-refractivity contribution in [1.29, 1.82) is 0 Å². The molecule has 0 heterocycles. The maximum atomic E-state index is 12.4. The SMILES string of the molecule is CCCCCCCCCOC(=O)c1ccccc1C(=O)OCCCCCC(C)CC. The number of carbonyl (C=O) groups excluding carboxylic acids is 2. The predicted molar refractivity (Wildman–Crippen MR) is 123 cm³/mol. The molecule has 1 rings (SSSR count). The summed E-state index contributed by atoms with van der Waals surface area (Å²) < 4.78 is 10.8. The van der Waals surface area contributed by atoms with Crippen molar-refractivity contribution in [1.82, 2.24) is 0 Å². The first kappa shape index (κ1) is 26.2. The highest BCUT2D eigenvalue weighted by atomic mass is 16.5. The Morgan fingerprint density at radius 1 is 0.733 bits per heavy atom. The zero-order valence-corrected chi connectivity index (χ0v) is 19.4. The Kier molecular flexibility index (Phi) is 14.8. The number of rotatable bonds is 17. The molecule has 1 aromatic carbocycles. The molecule has 1 atom stereocenters. The van der Waals surface area contributed by atoms with E-state index in [1.54, 1.807) is 24.3 Å². The predicted octanol–water partition coefficient (Wildman–Crippen LogP) is 7.36. The van der Waals surface area contributed by atoms with Crippen LogP contribution < -0.4 is 0 Å². The molecule has 0 aliphatic rings. The van der Waals surface area contributed by atoms with Gasteiger partial charge in [0.25, 0.3) is 0 Å². The summed E-state index contributed by atoms with van der Waals surface area (Å²) in [7, 11) is 0. The zero-order valence-electron chi connectivity index (χ0n) is 19.4. The van der Waals surface area contributed by atoms with Gasteiger partial charge in [-0.05, 0) is 30.9 Å². The molecule has 0 aromatic heterocycles. The van der Waals surface area contributed by atoms with Gasteiger partial charge in [-0.2, -0.15) is 0 Å². The Morgan fingerprint density at radius 2 is 1.20 bits per heavy atom. The van der Waals surface area contributed by atoms with Gasteiger partial charge in [0.2, 0.25) is 0 Å². The number of hydrogen-bond donors (Lipinski definition) is 0. The van der Waals surface area contributed by atoms with E-state index >= 15 is 0 Å². The van der Waals surface area contributed by atoms with Gasteiger partial charge < -0.3 is 9.47 Å². The van der Waals surface area contributed by atoms with Crippen LogP contribution in [0.1, 0.15) is 119 Å². The lowest BCUT2D eigenvalue weighted by Gasteiger charge is -2.10. The van der Waals surface area contributed by atoms with Crippen LogP contribution in [0.2, 0.25) is 0 Å². The first-order valence-corrected chi connectivity index (χ1v) is 12.0. The number of unbranched alkanes of at least 4 members (excludes halogenated alkanes) is 8. The van der Waals surface area contributed by atoms with Crippen molar-refractivity contribution >= 4 is 11.9 Å². The van der Waals surface area contributed by atoms with Crippen LogP contribution >= 0.6 is 0 Å². The number of ether oxygens (including phenoxy) is 2. The van der Waals surface area contributed by atoms with Crippen molar-refractivity contribution in [2.45, 2.75) is 97.8 Å². The van der Waals surface area contributed by atoms with E-state index in [9.17, 15) is 9.59 Å². The van der Waals surface area contributed by atoms with Crippen molar-refractivity contribution in [2.24, 2.45) is 5.92 Å². The van der Waals surface area contributed by atoms with Crippen molar-refractivity contribution in [3.63, 3.8) is 0 Å². The summed E-state index contributed by atoms with van der Waals surface area (Å²) in [5, 5.41) is 0. The second kappa shape index (κ2) is 16.9.